The van der Waals surface area contributed by atoms with E-state index < -0.39 is 11.8 Å². The van der Waals surface area contributed by atoms with Gasteiger partial charge in [0.15, 0.2) is 15.8 Å². The SMILES string of the molecule is COc1cc(/C=C2\SC(=S)N(NC(=O)c3cccc(Cl)c3)C2=O)cc(Br)c1OCc1ccc(Cl)cc1. The van der Waals surface area contributed by atoms with Gasteiger partial charge in [-0.05, 0) is 87.8 Å². The minimum Gasteiger partial charge on any atom is -0.493 e. The van der Waals surface area contributed by atoms with Crippen LogP contribution in [0.1, 0.15) is 21.5 Å². The topological polar surface area (TPSA) is 67.9 Å². The standard InChI is InChI=1S/C25H17BrCl2N2O4S2/c1-33-20-10-15(9-19(26)22(20)34-13-14-5-7-17(27)8-6-14)11-21-24(32)30(25(35)36-21)29-23(31)16-3-2-4-18(28)12-16/h2-12H,13H2,1H3,(H,29,31)/b21-11-. The first kappa shape index (κ1) is 26.5. The summed E-state index contributed by atoms with van der Waals surface area (Å²) < 4.78 is 12.3. The third kappa shape index (κ3) is 6.22. The lowest BCUT2D eigenvalue weighted by Gasteiger charge is -2.15. The number of hydrogen-bond acceptors (Lipinski definition) is 6. The number of hydrogen-bond donors (Lipinski definition) is 1. The van der Waals surface area contributed by atoms with E-state index in [4.69, 9.17) is 44.9 Å². The van der Waals surface area contributed by atoms with Crippen LogP contribution in [0.2, 0.25) is 10.0 Å². The van der Waals surface area contributed by atoms with E-state index in [1.807, 2.05) is 12.1 Å². The number of benzene rings is 3. The number of nitrogens with zero attached hydrogens (tertiary/aromatic N) is 1. The van der Waals surface area contributed by atoms with E-state index in [1.54, 1.807) is 48.5 Å². The summed E-state index contributed by atoms with van der Waals surface area (Å²) in [5.74, 6) is 0.0560. The summed E-state index contributed by atoms with van der Waals surface area (Å²) in [4.78, 5) is 25.9. The van der Waals surface area contributed by atoms with Crippen molar-refractivity contribution in [3.05, 3.63) is 96.8 Å². The number of thioether (sulfide) groups is 1. The van der Waals surface area contributed by atoms with Crippen LogP contribution < -0.4 is 14.9 Å². The van der Waals surface area contributed by atoms with Gasteiger partial charge in [-0.3, -0.25) is 15.0 Å². The highest BCUT2D eigenvalue weighted by Gasteiger charge is 2.34. The largest absolute Gasteiger partial charge is 0.493 e. The number of halogens is 3. The van der Waals surface area contributed by atoms with Gasteiger partial charge < -0.3 is 9.47 Å². The monoisotopic (exact) mass is 622 g/mol. The summed E-state index contributed by atoms with van der Waals surface area (Å²) in [6, 6.07) is 17.3. The third-order valence-corrected chi connectivity index (χ3v) is 7.32. The molecule has 1 N–H and O–H groups in total. The van der Waals surface area contributed by atoms with Gasteiger partial charge in [0.05, 0.1) is 16.5 Å². The van der Waals surface area contributed by atoms with Crippen molar-refractivity contribution in [1.82, 2.24) is 10.4 Å². The third-order valence-electron chi connectivity index (χ3n) is 4.94. The van der Waals surface area contributed by atoms with Gasteiger partial charge in [0.25, 0.3) is 11.8 Å². The fourth-order valence-electron chi connectivity index (χ4n) is 3.21. The number of hydrazine groups is 1. The van der Waals surface area contributed by atoms with Crippen LogP contribution in [0.5, 0.6) is 11.5 Å². The molecule has 1 aliphatic heterocycles. The van der Waals surface area contributed by atoms with Gasteiger partial charge in [-0.1, -0.05) is 53.2 Å². The molecule has 0 aliphatic carbocycles. The fraction of sp³-hybridized carbons (Fsp3) is 0.0800. The van der Waals surface area contributed by atoms with E-state index in [9.17, 15) is 9.59 Å². The lowest BCUT2D eigenvalue weighted by Crippen LogP contribution is -2.44. The maximum Gasteiger partial charge on any atom is 0.285 e. The summed E-state index contributed by atoms with van der Waals surface area (Å²) in [7, 11) is 1.53. The van der Waals surface area contributed by atoms with E-state index in [2.05, 4.69) is 21.4 Å². The number of rotatable bonds is 7. The zero-order chi connectivity index (χ0) is 25.8. The Bertz CT molecular complexity index is 1380. The molecule has 11 heteroatoms. The van der Waals surface area contributed by atoms with Crippen LogP contribution in [0.25, 0.3) is 6.08 Å². The summed E-state index contributed by atoms with van der Waals surface area (Å²) in [5, 5.41) is 2.11. The van der Waals surface area contributed by atoms with Gasteiger partial charge in [0.1, 0.15) is 6.61 Å². The molecule has 0 saturated carbocycles. The minimum atomic E-state index is -0.498. The molecule has 1 heterocycles. The van der Waals surface area contributed by atoms with Crippen molar-refractivity contribution < 1.29 is 19.1 Å². The number of carbonyl (C=O) groups excluding carboxylic acids is 2. The number of thiocarbonyl (C=S) groups is 1. The van der Waals surface area contributed by atoms with Crippen LogP contribution in [0.15, 0.2) is 70.0 Å². The van der Waals surface area contributed by atoms with Gasteiger partial charge in [-0.25, -0.2) is 0 Å². The first-order chi connectivity index (χ1) is 17.2. The molecule has 3 aromatic rings. The molecule has 0 aromatic heterocycles. The molecule has 6 nitrogen and oxygen atoms in total. The molecule has 2 amide bonds. The van der Waals surface area contributed by atoms with E-state index in [-0.39, 0.29) is 4.32 Å². The zero-order valence-corrected chi connectivity index (χ0v) is 23.3. The average Bonchev–Trinajstić information content (AvgIpc) is 3.11. The molecule has 4 rings (SSSR count). The predicted octanol–water partition coefficient (Wildman–Crippen LogP) is 6.89. The van der Waals surface area contributed by atoms with Crippen LogP contribution in [0.4, 0.5) is 0 Å². The Kier molecular flexibility index (Phi) is 8.58. The van der Waals surface area contributed by atoms with E-state index in [0.717, 1.165) is 22.3 Å². The Balaban J connectivity index is 1.51. The Labute approximate surface area is 235 Å². The van der Waals surface area contributed by atoms with Crippen molar-refractivity contribution in [3.63, 3.8) is 0 Å². The van der Waals surface area contributed by atoms with Crippen molar-refractivity contribution in [2.24, 2.45) is 0 Å². The zero-order valence-electron chi connectivity index (χ0n) is 18.6. The van der Waals surface area contributed by atoms with Crippen molar-refractivity contribution in [3.8, 4) is 11.5 Å². The predicted molar refractivity (Wildman–Crippen MR) is 150 cm³/mol. The summed E-state index contributed by atoms with van der Waals surface area (Å²) in [6.07, 6.45) is 1.67. The fourth-order valence-corrected chi connectivity index (χ4v) is 5.28. The molecule has 3 aromatic carbocycles. The first-order valence-corrected chi connectivity index (χ1v) is 13.1. The van der Waals surface area contributed by atoms with Gasteiger partial charge in [-0.2, -0.15) is 5.01 Å². The average molecular weight is 624 g/mol. The van der Waals surface area contributed by atoms with Crippen LogP contribution in [0.3, 0.4) is 0 Å². The number of methoxy groups -OCH3 is 1. The Hall–Kier alpha value is -2.56. The van der Waals surface area contributed by atoms with E-state index in [1.165, 1.54) is 13.2 Å². The molecule has 0 spiro atoms. The smallest absolute Gasteiger partial charge is 0.285 e. The quantitative estimate of drug-likeness (QED) is 0.228. The highest BCUT2D eigenvalue weighted by atomic mass is 79.9. The minimum absolute atomic E-state index is 0.204. The Morgan fingerprint density at radius 2 is 1.89 bits per heavy atom. The molecule has 1 saturated heterocycles. The number of nitrogens with one attached hydrogen (secondary N) is 1. The molecular formula is C25H17BrCl2N2O4S2. The normalized spacial score (nSPS) is 14.3. The molecule has 36 heavy (non-hydrogen) atoms. The molecule has 0 atom stereocenters. The Morgan fingerprint density at radius 3 is 2.58 bits per heavy atom. The second-order valence-corrected chi connectivity index (χ2v) is 10.8. The molecule has 0 radical (unpaired) electrons. The van der Waals surface area contributed by atoms with Crippen molar-refractivity contribution in [2.75, 3.05) is 7.11 Å². The van der Waals surface area contributed by atoms with Crippen LogP contribution >= 0.6 is 63.1 Å². The molecular weight excluding hydrogens is 607 g/mol. The van der Waals surface area contributed by atoms with Gasteiger partial charge in [0.2, 0.25) is 0 Å². The van der Waals surface area contributed by atoms with Gasteiger partial charge >= 0.3 is 0 Å². The highest BCUT2D eigenvalue weighted by Crippen LogP contribution is 2.39. The van der Waals surface area contributed by atoms with Gasteiger partial charge in [0, 0.05) is 15.6 Å². The summed E-state index contributed by atoms with van der Waals surface area (Å²) in [6.45, 7) is 0.316. The lowest BCUT2D eigenvalue weighted by molar-refractivity contribution is -0.123. The molecule has 184 valence electrons. The van der Waals surface area contributed by atoms with Crippen molar-refractivity contribution in [1.29, 1.82) is 0 Å². The number of ether oxygens (including phenoxy) is 2. The number of carbonyl (C=O) groups is 2. The summed E-state index contributed by atoms with van der Waals surface area (Å²) >= 11 is 21.8. The Morgan fingerprint density at radius 1 is 1.14 bits per heavy atom. The van der Waals surface area contributed by atoms with E-state index >= 15 is 0 Å². The van der Waals surface area contributed by atoms with Crippen molar-refractivity contribution in [2.45, 2.75) is 6.61 Å². The van der Waals surface area contributed by atoms with Crippen LogP contribution in [-0.2, 0) is 11.4 Å². The second-order valence-electron chi connectivity index (χ2n) is 7.42. The molecule has 0 bridgehead atoms. The van der Waals surface area contributed by atoms with Crippen molar-refractivity contribution >= 4 is 85.3 Å². The van der Waals surface area contributed by atoms with Crippen LogP contribution in [0, 0.1) is 0 Å². The second kappa shape index (κ2) is 11.7. The lowest BCUT2D eigenvalue weighted by atomic mass is 10.1. The number of amides is 2. The van der Waals surface area contributed by atoms with E-state index in [0.29, 0.717) is 48.7 Å². The summed E-state index contributed by atoms with van der Waals surface area (Å²) in [5.41, 5.74) is 4.47. The molecule has 0 unspecified atom stereocenters. The first-order valence-electron chi connectivity index (χ1n) is 10.3. The highest BCUT2D eigenvalue weighted by molar-refractivity contribution is 9.10. The molecule has 1 fully saturated rings. The maximum atomic E-state index is 13.0. The molecule has 1 aliphatic rings. The maximum absolute atomic E-state index is 13.0. The van der Waals surface area contributed by atoms with Crippen LogP contribution in [-0.4, -0.2) is 28.3 Å². The van der Waals surface area contributed by atoms with Gasteiger partial charge in [-0.15, -0.1) is 0 Å².